The molecule has 0 heterocycles. The van der Waals surface area contributed by atoms with Gasteiger partial charge in [-0.2, -0.15) is 4.31 Å². The zero-order valence-electron chi connectivity index (χ0n) is 12.0. The number of nitrogen functional groups attached to an aromatic ring is 1. The molecule has 0 spiro atoms. The Hall–Kier alpha value is -1.07. The van der Waals surface area contributed by atoms with E-state index in [1.165, 1.54) is 6.07 Å². The fourth-order valence-corrected chi connectivity index (χ4v) is 3.64. The van der Waals surface area contributed by atoms with Crippen LogP contribution in [-0.2, 0) is 10.0 Å². The normalized spacial score (nSPS) is 12.3. The summed E-state index contributed by atoms with van der Waals surface area (Å²) in [6.45, 7) is 7.10. The van der Waals surface area contributed by atoms with Crippen molar-refractivity contribution in [3.63, 3.8) is 0 Å². The van der Waals surface area contributed by atoms with Crippen molar-refractivity contribution in [2.24, 2.45) is 5.92 Å². The Labute approximate surface area is 116 Å². The second-order valence-corrected chi connectivity index (χ2v) is 6.65. The molecule has 1 aromatic rings. The fourth-order valence-electron chi connectivity index (χ4n) is 2.06. The van der Waals surface area contributed by atoms with Crippen molar-refractivity contribution in [1.29, 1.82) is 0 Å². The fraction of sp³-hybridized carbons (Fsp3) is 0.571. The molecule has 4 nitrogen and oxygen atoms in total. The summed E-state index contributed by atoms with van der Waals surface area (Å²) >= 11 is 0. The first-order chi connectivity index (χ1) is 8.95. The summed E-state index contributed by atoms with van der Waals surface area (Å²) in [5.41, 5.74) is 6.14. The number of nitrogens with two attached hydrogens (primary N) is 1. The SMILES string of the molecule is CCC(CC)CN(CC)S(=O)(=O)c1cccc(N)c1. The zero-order valence-corrected chi connectivity index (χ0v) is 12.8. The van der Waals surface area contributed by atoms with Gasteiger partial charge in [-0.15, -0.1) is 0 Å². The van der Waals surface area contributed by atoms with Crippen LogP contribution < -0.4 is 5.73 Å². The van der Waals surface area contributed by atoms with Crippen molar-refractivity contribution in [1.82, 2.24) is 4.31 Å². The Bertz CT molecular complexity index is 496. The van der Waals surface area contributed by atoms with E-state index in [4.69, 9.17) is 5.73 Å². The predicted octanol–water partition coefficient (Wildman–Crippen LogP) is 2.72. The third-order valence-electron chi connectivity index (χ3n) is 3.47. The van der Waals surface area contributed by atoms with Gasteiger partial charge < -0.3 is 5.73 Å². The Morgan fingerprint density at radius 1 is 1.21 bits per heavy atom. The van der Waals surface area contributed by atoms with Crippen LogP contribution in [0.4, 0.5) is 5.69 Å². The molecule has 0 bridgehead atoms. The molecule has 0 aliphatic rings. The van der Waals surface area contributed by atoms with Crippen molar-refractivity contribution in [2.75, 3.05) is 18.8 Å². The highest BCUT2D eigenvalue weighted by atomic mass is 32.2. The highest BCUT2D eigenvalue weighted by molar-refractivity contribution is 7.89. The Balaban J connectivity index is 3.02. The molecule has 2 N–H and O–H groups in total. The molecule has 0 radical (unpaired) electrons. The molecule has 0 aliphatic carbocycles. The maximum Gasteiger partial charge on any atom is 0.243 e. The molecule has 0 aromatic heterocycles. The standard InChI is InChI=1S/C14H24N2O2S/c1-4-12(5-2)11-16(6-3)19(17,18)14-9-7-8-13(15)10-14/h7-10,12H,4-6,11,15H2,1-3H3. The van der Waals surface area contributed by atoms with Crippen LogP contribution in [0.25, 0.3) is 0 Å². The molecule has 1 rings (SSSR count). The zero-order chi connectivity index (χ0) is 14.5. The second kappa shape index (κ2) is 6.91. The first-order valence-corrected chi connectivity index (χ1v) is 8.25. The first-order valence-electron chi connectivity index (χ1n) is 6.81. The molecule has 1 aromatic carbocycles. The quantitative estimate of drug-likeness (QED) is 0.783. The Kier molecular flexibility index (Phi) is 5.82. The molecule has 108 valence electrons. The van der Waals surface area contributed by atoms with Crippen LogP contribution in [0.1, 0.15) is 33.6 Å². The van der Waals surface area contributed by atoms with E-state index in [0.29, 0.717) is 24.7 Å². The summed E-state index contributed by atoms with van der Waals surface area (Å²) in [7, 11) is -3.44. The number of nitrogens with zero attached hydrogens (tertiary/aromatic N) is 1. The Morgan fingerprint density at radius 3 is 2.32 bits per heavy atom. The minimum atomic E-state index is -3.44. The van der Waals surface area contributed by atoms with E-state index < -0.39 is 10.0 Å². The minimum Gasteiger partial charge on any atom is -0.399 e. The van der Waals surface area contributed by atoms with Crippen molar-refractivity contribution in [2.45, 2.75) is 38.5 Å². The summed E-state index contributed by atoms with van der Waals surface area (Å²) in [6, 6.07) is 6.48. The van der Waals surface area contributed by atoms with Gasteiger partial charge in [0, 0.05) is 18.8 Å². The number of hydrogen-bond donors (Lipinski definition) is 1. The smallest absolute Gasteiger partial charge is 0.243 e. The first kappa shape index (κ1) is 16.0. The van der Waals surface area contributed by atoms with Crippen LogP contribution in [-0.4, -0.2) is 25.8 Å². The van der Waals surface area contributed by atoms with Crippen molar-refractivity contribution in [3.8, 4) is 0 Å². The van der Waals surface area contributed by atoms with Gasteiger partial charge in [-0.1, -0.05) is 39.7 Å². The summed E-state index contributed by atoms with van der Waals surface area (Å²) in [6.07, 6.45) is 1.97. The van der Waals surface area contributed by atoms with Gasteiger partial charge in [0.25, 0.3) is 0 Å². The largest absolute Gasteiger partial charge is 0.399 e. The highest BCUT2D eigenvalue weighted by Gasteiger charge is 2.24. The average molecular weight is 284 g/mol. The van der Waals surface area contributed by atoms with Gasteiger partial charge in [-0.3, -0.25) is 0 Å². The molecule has 0 amide bonds. The van der Waals surface area contributed by atoms with E-state index >= 15 is 0 Å². The molecular weight excluding hydrogens is 260 g/mol. The minimum absolute atomic E-state index is 0.278. The second-order valence-electron chi connectivity index (χ2n) is 4.71. The number of rotatable bonds is 7. The maximum atomic E-state index is 12.6. The molecule has 0 unspecified atom stereocenters. The number of hydrogen-bond acceptors (Lipinski definition) is 3. The van der Waals surface area contributed by atoms with E-state index in [9.17, 15) is 8.42 Å². The van der Waals surface area contributed by atoms with Gasteiger partial charge in [-0.05, 0) is 24.1 Å². The van der Waals surface area contributed by atoms with Gasteiger partial charge in [0.15, 0.2) is 0 Å². The molecule has 0 fully saturated rings. The average Bonchev–Trinajstić information content (AvgIpc) is 2.40. The summed E-state index contributed by atoms with van der Waals surface area (Å²) in [4.78, 5) is 0.278. The third kappa shape index (κ3) is 3.94. The van der Waals surface area contributed by atoms with E-state index in [-0.39, 0.29) is 4.90 Å². The van der Waals surface area contributed by atoms with E-state index in [2.05, 4.69) is 13.8 Å². The number of anilines is 1. The summed E-state index contributed by atoms with van der Waals surface area (Å²) in [5.74, 6) is 0.399. The molecule has 0 aliphatic heterocycles. The van der Waals surface area contributed by atoms with Gasteiger partial charge in [0.2, 0.25) is 10.0 Å². The lowest BCUT2D eigenvalue weighted by molar-refractivity contribution is 0.339. The van der Waals surface area contributed by atoms with Crippen LogP contribution in [0.3, 0.4) is 0 Å². The molecule has 0 saturated carbocycles. The van der Waals surface area contributed by atoms with E-state index in [1.807, 2.05) is 6.92 Å². The van der Waals surface area contributed by atoms with Crippen molar-refractivity contribution < 1.29 is 8.42 Å². The van der Waals surface area contributed by atoms with E-state index in [0.717, 1.165) is 12.8 Å². The molecule has 0 saturated heterocycles. The molecule has 5 heteroatoms. The summed E-state index contributed by atoms with van der Waals surface area (Å²) in [5, 5.41) is 0. The Morgan fingerprint density at radius 2 is 1.84 bits per heavy atom. The van der Waals surface area contributed by atoms with Crippen molar-refractivity contribution in [3.05, 3.63) is 24.3 Å². The molecule has 19 heavy (non-hydrogen) atoms. The lowest BCUT2D eigenvalue weighted by Crippen LogP contribution is -2.35. The van der Waals surface area contributed by atoms with Crippen LogP contribution >= 0.6 is 0 Å². The monoisotopic (exact) mass is 284 g/mol. The maximum absolute atomic E-state index is 12.6. The van der Waals surface area contributed by atoms with Gasteiger partial charge in [0.1, 0.15) is 0 Å². The van der Waals surface area contributed by atoms with Crippen LogP contribution in [0.2, 0.25) is 0 Å². The lowest BCUT2D eigenvalue weighted by atomic mass is 10.0. The predicted molar refractivity (Wildman–Crippen MR) is 79.4 cm³/mol. The van der Waals surface area contributed by atoms with Gasteiger partial charge >= 0.3 is 0 Å². The van der Waals surface area contributed by atoms with Gasteiger partial charge in [-0.25, -0.2) is 8.42 Å². The number of sulfonamides is 1. The summed E-state index contributed by atoms with van der Waals surface area (Å²) < 4.78 is 26.6. The topological polar surface area (TPSA) is 63.4 Å². The van der Waals surface area contributed by atoms with Crippen molar-refractivity contribution >= 4 is 15.7 Å². The number of benzene rings is 1. The lowest BCUT2D eigenvalue weighted by Gasteiger charge is -2.24. The molecular formula is C14H24N2O2S. The van der Waals surface area contributed by atoms with Crippen LogP contribution in [0.5, 0.6) is 0 Å². The van der Waals surface area contributed by atoms with Crippen LogP contribution in [0, 0.1) is 5.92 Å². The highest BCUT2D eigenvalue weighted by Crippen LogP contribution is 2.20. The van der Waals surface area contributed by atoms with Gasteiger partial charge in [0.05, 0.1) is 4.90 Å². The molecule has 0 atom stereocenters. The van der Waals surface area contributed by atoms with Crippen LogP contribution in [0.15, 0.2) is 29.2 Å². The van der Waals surface area contributed by atoms with E-state index in [1.54, 1.807) is 22.5 Å². The third-order valence-corrected chi connectivity index (χ3v) is 5.40.